The van der Waals surface area contributed by atoms with Crippen LogP contribution in [0.5, 0.6) is 5.75 Å². The zero-order valence-corrected chi connectivity index (χ0v) is 23.4. The van der Waals surface area contributed by atoms with Crippen molar-refractivity contribution in [3.8, 4) is 5.75 Å². The average molecular weight is 559 g/mol. The van der Waals surface area contributed by atoms with Crippen molar-refractivity contribution >= 4 is 11.7 Å². The molecule has 1 saturated heterocycles. The van der Waals surface area contributed by atoms with Crippen molar-refractivity contribution in [2.24, 2.45) is 17.6 Å². The standard InChI is InChI=1S/C29H39FN4O6/c1-32(2)16-5-7-34(8-6-16)13-15-11-20(35)22-17(23(15)30)9-14-10-19-24(33(3)4)25(36)18(28(31)39)12-29(19,40)27(38)21(14)26(22)37/h11,14,16,19,24,35-36,38,40H,5-10,12-13H2,1-4H3,(H2,31,39)/t14-,19-,24-,29-/m0/s1. The number of benzene rings is 1. The molecule has 0 radical (unpaired) electrons. The summed E-state index contributed by atoms with van der Waals surface area (Å²) < 4.78 is 16.0. The van der Waals surface area contributed by atoms with Crippen molar-refractivity contribution in [2.45, 2.75) is 56.3 Å². The van der Waals surface area contributed by atoms with E-state index in [-0.39, 0.29) is 46.6 Å². The summed E-state index contributed by atoms with van der Waals surface area (Å²) in [6.07, 6.45) is 1.62. The molecule has 1 aromatic carbocycles. The van der Waals surface area contributed by atoms with E-state index in [1.54, 1.807) is 19.0 Å². The minimum absolute atomic E-state index is 0.0380. The number of ketones is 1. The Hall–Kier alpha value is -2.99. The lowest BCUT2D eigenvalue weighted by Gasteiger charge is -2.51. The van der Waals surface area contributed by atoms with Gasteiger partial charge in [0.05, 0.1) is 17.2 Å². The van der Waals surface area contributed by atoms with Crippen LogP contribution in [0.1, 0.15) is 47.2 Å². The number of nitrogens with zero attached hydrogens (tertiary/aromatic N) is 3. The maximum atomic E-state index is 16.0. The number of Topliss-reactive ketones (excluding diaryl/α,β-unsaturated/α-hetero) is 1. The van der Waals surface area contributed by atoms with Crippen LogP contribution in [0.3, 0.4) is 0 Å². The van der Waals surface area contributed by atoms with Gasteiger partial charge < -0.3 is 31.1 Å². The van der Waals surface area contributed by atoms with Gasteiger partial charge >= 0.3 is 0 Å². The Morgan fingerprint density at radius 2 is 1.80 bits per heavy atom. The monoisotopic (exact) mass is 558 g/mol. The Morgan fingerprint density at radius 3 is 2.38 bits per heavy atom. The second kappa shape index (κ2) is 10.1. The van der Waals surface area contributed by atoms with Crippen LogP contribution in [0.25, 0.3) is 0 Å². The number of aliphatic hydroxyl groups is 3. The summed E-state index contributed by atoms with van der Waals surface area (Å²) in [6.45, 7) is 1.89. The quantitative estimate of drug-likeness (QED) is 0.363. The Kier molecular flexibility index (Phi) is 7.23. The van der Waals surface area contributed by atoms with Crippen LogP contribution in [-0.2, 0) is 17.8 Å². The van der Waals surface area contributed by atoms with E-state index in [2.05, 4.69) is 9.80 Å². The normalized spacial score (nSPS) is 29.6. The number of amides is 1. The maximum Gasteiger partial charge on any atom is 0.248 e. The van der Waals surface area contributed by atoms with Gasteiger partial charge in [0.1, 0.15) is 28.7 Å². The summed E-state index contributed by atoms with van der Waals surface area (Å²) in [7, 11) is 7.42. The molecule has 0 bridgehead atoms. The number of piperidine rings is 1. The minimum atomic E-state index is -2.04. The fourth-order valence-electron chi connectivity index (χ4n) is 7.39. The number of halogens is 1. The second-order valence-corrected chi connectivity index (χ2v) is 12.3. The van der Waals surface area contributed by atoms with Gasteiger partial charge in [0.2, 0.25) is 5.91 Å². The van der Waals surface area contributed by atoms with Crippen molar-refractivity contribution < 1.29 is 34.4 Å². The van der Waals surface area contributed by atoms with Gasteiger partial charge in [-0.25, -0.2) is 4.39 Å². The predicted octanol–water partition coefficient (Wildman–Crippen LogP) is 1.61. The van der Waals surface area contributed by atoms with Crippen LogP contribution < -0.4 is 5.73 Å². The first-order valence-corrected chi connectivity index (χ1v) is 13.8. The van der Waals surface area contributed by atoms with E-state index in [1.165, 1.54) is 6.07 Å². The third kappa shape index (κ3) is 4.39. The number of aromatic hydroxyl groups is 1. The number of nitrogens with two attached hydrogens (primary N) is 1. The van der Waals surface area contributed by atoms with E-state index in [0.29, 0.717) is 18.2 Å². The number of likely N-dealkylation sites (tertiary alicyclic amines) is 1. The third-order valence-electron chi connectivity index (χ3n) is 9.52. The van der Waals surface area contributed by atoms with Gasteiger partial charge in [0.25, 0.3) is 0 Å². The van der Waals surface area contributed by atoms with Crippen LogP contribution >= 0.6 is 0 Å². The number of hydrogen-bond acceptors (Lipinski definition) is 9. The molecule has 1 aliphatic heterocycles. The first kappa shape index (κ1) is 28.5. The highest BCUT2D eigenvalue weighted by atomic mass is 19.1. The van der Waals surface area contributed by atoms with Gasteiger partial charge in [0.15, 0.2) is 5.78 Å². The first-order valence-electron chi connectivity index (χ1n) is 13.8. The van der Waals surface area contributed by atoms with Gasteiger partial charge in [-0.05, 0) is 78.9 Å². The summed E-state index contributed by atoms with van der Waals surface area (Å²) in [4.78, 5) is 31.8. The molecule has 1 amide bonds. The summed E-state index contributed by atoms with van der Waals surface area (Å²) >= 11 is 0. The van der Waals surface area contributed by atoms with Crippen LogP contribution in [0, 0.1) is 17.7 Å². The molecule has 11 heteroatoms. The Labute approximate surface area is 233 Å². The molecule has 0 unspecified atom stereocenters. The molecule has 40 heavy (non-hydrogen) atoms. The van der Waals surface area contributed by atoms with Gasteiger partial charge in [-0.1, -0.05) is 0 Å². The summed E-state index contributed by atoms with van der Waals surface area (Å²) in [5, 5.41) is 44.9. The lowest BCUT2D eigenvalue weighted by Crippen LogP contribution is -2.59. The van der Waals surface area contributed by atoms with E-state index in [4.69, 9.17) is 5.73 Å². The fourth-order valence-corrected chi connectivity index (χ4v) is 7.39. The molecule has 3 aliphatic carbocycles. The van der Waals surface area contributed by atoms with E-state index >= 15 is 4.39 Å². The molecule has 218 valence electrons. The van der Waals surface area contributed by atoms with Gasteiger partial charge in [0, 0.05) is 41.6 Å². The number of carbonyl (C=O) groups excluding carboxylic acids is 2. The van der Waals surface area contributed by atoms with Crippen molar-refractivity contribution in [1.82, 2.24) is 14.7 Å². The summed E-state index contributed by atoms with van der Waals surface area (Å²) in [6, 6.07) is 0.894. The predicted molar refractivity (Wildman–Crippen MR) is 145 cm³/mol. The molecule has 1 heterocycles. The molecule has 4 atom stereocenters. The number of allylic oxidation sites excluding steroid dienone is 1. The Bertz CT molecular complexity index is 1320. The lowest BCUT2D eigenvalue weighted by atomic mass is 9.59. The Balaban J connectivity index is 1.51. The molecular weight excluding hydrogens is 519 g/mol. The van der Waals surface area contributed by atoms with Crippen molar-refractivity contribution in [3.05, 3.63) is 51.2 Å². The van der Waals surface area contributed by atoms with Crippen molar-refractivity contribution in [1.29, 1.82) is 0 Å². The van der Waals surface area contributed by atoms with E-state index in [0.717, 1.165) is 25.9 Å². The van der Waals surface area contributed by atoms with E-state index < -0.39 is 53.2 Å². The molecule has 0 spiro atoms. The molecule has 1 fully saturated rings. The number of aliphatic hydroxyl groups excluding tert-OH is 2. The second-order valence-electron chi connectivity index (χ2n) is 12.3. The number of fused-ring (bicyclic) bond motifs is 3. The average Bonchev–Trinajstić information content (AvgIpc) is 2.88. The highest BCUT2D eigenvalue weighted by molar-refractivity contribution is 6.13. The minimum Gasteiger partial charge on any atom is -0.510 e. The molecule has 10 nitrogen and oxygen atoms in total. The lowest BCUT2D eigenvalue weighted by molar-refractivity contribution is -0.118. The molecule has 4 aliphatic rings. The molecule has 5 rings (SSSR count). The van der Waals surface area contributed by atoms with Crippen molar-refractivity contribution in [2.75, 3.05) is 41.3 Å². The zero-order valence-electron chi connectivity index (χ0n) is 23.4. The third-order valence-corrected chi connectivity index (χ3v) is 9.52. The van der Waals surface area contributed by atoms with E-state index in [9.17, 15) is 30.0 Å². The molecule has 0 aromatic heterocycles. The van der Waals surface area contributed by atoms with Crippen LogP contribution in [0.2, 0.25) is 0 Å². The number of rotatable bonds is 5. The smallest absolute Gasteiger partial charge is 0.248 e. The van der Waals surface area contributed by atoms with Crippen LogP contribution in [0.4, 0.5) is 4.39 Å². The molecular formula is C29H39FN4O6. The number of phenols is 1. The number of primary amides is 1. The van der Waals surface area contributed by atoms with E-state index in [1.807, 2.05) is 14.1 Å². The number of hydrogen-bond donors (Lipinski definition) is 5. The highest BCUT2D eigenvalue weighted by Crippen LogP contribution is 2.53. The van der Waals surface area contributed by atoms with Crippen molar-refractivity contribution in [3.63, 3.8) is 0 Å². The SMILES string of the molecule is CN(C)C1CCN(Cc2cc(O)c3c(c2F)C[C@H]2C[C@H]4[C@H](N(C)C)C(O)=C(C(N)=O)C[C@@]4(O)C(O)=C2C3=O)CC1. The maximum absolute atomic E-state index is 16.0. The van der Waals surface area contributed by atoms with Gasteiger partial charge in [-0.2, -0.15) is 0 Å². The largest absolute Gasteiger partial charge is 0.510 e. The summed E-state index contributed by atoms with van der Waals surface area (Å²) in [5.41, 5.74) is 3.32. The number of carbonyl (C=O) groups is 2. The summed E-state index contributed by atoms with van der Waals surface area (Å²) in [5.74, 6) is -4.94. The van der Waals surface area contributed by atoms with Gasteiger partial charge in [-0.3, -0.25) is 19.4 Å². The topological polar surface area (TPSA) is 151 Å². The highest BCUT2D eigenvalue weighted by Gasteiger charge is 2.58. The molecule has 1 aromatic rings. The van der Waals surface area contributed by atoms with Crippen LogP contribution in [-0.4, -0.2) is 106 Å². The fraction of sp³-hybridized carbons (Fsp3) is 0.586. The first-order chi connectivity index (χ1) is 18.8. The molecule has 0 saturated carbocycles. The number of phenolic OH excluding ortho intramolecular Hbond substituents is 1. The van der Waals surface area contributed by atoms with Gasteiger partial charge in [-0.15, -0.1) is 0 Å². The number of likely N-dealkylation sites (N-methyl/N-ethyl adjacent to an activating group) is 1. The van der Waals surface area contributed by atoms with Crippen LogP contribution in [0.15, 0.2) is 28.7 Å². The zero-order chi connectivity index (χ0) is 29.3. The Morgan fingerprint density at radius 1 is 1.15 bits per heavy atom. The molecule has 6 N–H and O–H groups in total.